The Bertz CT molecular complexity index is 127. The molecule has 0 radical (unpaired) electrons. The van der Waals surface area contributed by atoms with E-state index in [-0.39, 0.29) is 0 Å². The van der Waals surface area contributed by atoms with Crippen LogP contribution in [0.5, 0.6) is 0 Å². The van der Waals surface area contributed by atoms with Crippen molar-refractivity contribution in [3.8, 4) is 0 Å². The van der Waals surface area contributed by atoms with E-state index in [2.05, 4.69) is 13.2 Å². The van der Waals surface area contributed by atoms with Crippen LogP contribution in [0.2, 0.25) is 0 Å². The van der Waals surface area contributed by atoms with Crippen molar-refractivity contribution in [3.63, 3.8) is 0 Å². The molecule has 0 amide bonds. The average Bonchev–Trinajstić information content (AvgIpc) is 2.70. The summed E-state index contributed by atoms with van der Waals surface area (Å²) in [5, 5.41) is 0. The second-order valence-electron chi connectivity index (χ2n) is 2.32. The maximum absolute atomic E-state index is 5.42. The molecule has 1 aliphatic carbocycles. The third-order valence-electron chi connectivity index (χ3n) is 1.62. The molecular weight excluding hydrogens is 122 g/mol. The SMILES string of the molecule is C=CC1CC1C(=C)N.CC. The fourth-order valence-corrected chi connectivity index (χ4v) is 0.901. The molecule has 58 valence electrons. The van der Waals surface area contributed by atoms with Gasteiger partial charge in [-0.15, -0.1) is 6.58 Å². The van der Waals surface area contributed by atoms with Crippen molar-refractivity contribution in [1.29, 1.82) is 0 Å². The number of hydrogen-bond donors (Lipinski definition) is 1. The molecule has 2 N–H and O–H groups in total. The zero-order valence-corrected chi connectivity index (χ0v) is 6.93. The van der Waals surface area contributed by atoms with Crippen molar-refractivity contribution in [2.75, 3.05) is 0 Å². The van der Waals surface area contributed by atoms with Crippen LogP contribution in [-0.4, -0.2) is 0 Å². The van der Waals surface area contributed by atoms with E-state index in [9.17, 15) is 0 Å². The van der Waals surface area contributed by atoms with Gasteiger partial charge in [0.05, 0.1) is 0 Å². The first-order valence-corrected chi connectivity index (χ1v) is 3.82. The maximum Gasteiger partial charge on any atom is 0.00471 e. The minimum atomic E-state index is 0.549. The van der Waals surface area contributed by atoms with E-state index in [1.807, 2.05) is 19.9 Å². The van der Waals surface area contributed by atoms with Crippen molar-refractivity contribution in [1.82, 2.24) is 0 Å². The molecule has 2 atom stereocenters. The van der Waals surface area contributed by atoms with Gasteiger partial charge >= 0.3 is 0 Å². The molecule has 0 aromatic heterocycles. The molecule has 1 fully saturated rings. The van der Waals surface area contributed by atoms with Crippen molar-refractivity contribution >= 4 is 0 Å². The Morgan fingerprint density at radius 3 is 2.20 bits per heavy atom. The van der Waals surface area contributed by atoms with Gasteiger partial charge in [-0.05, 0) is 12.3 Å². The Morgan fingerprint density at radius 2 is 2.10 bits per heavy atom. The van der Waals surface area contributed by atoms with Crippen LogP contribution >= 0.6 is 0 Å². The fraction of sp³-hybridized carbons (Fsp3) is 0.556. The lowest BCUT2D eigenvalue weighted by atomic mass is 10.3. The van der Waals surface area contributed by atoms with Crippen LogP contribution in [0.4, 0.5) is 0 Å². The van der Waals surface area contributed by atoms with Crippen molar-refractivity contribution in [2.24, 2.45) is 17.6 Å². The minimum absolute atomic E-state index is 0.549. The van der Waals surface area contributed by atoms with Crippen LogP contribution in [0, 0.1) is 11.8 Å². The quantitative estimate of drug-likeness (QED) is 0.584. The largest absolute Gasteiger partial charge is 0.402 e. The maximum atomic E-state index is 5.42. The van der Waals surface area contributed by atoms with Gasteiger partial charge in [-0.25, -0.2) is 0 Å². The topological polar surface area (TPSA) is 26.0 Å². The summed E-state index contributed by atoms with van der Waals surface area (Å²) in [6, 6.07) is 0. The molecule has 1 nitrogen and oxygen atoms in total. The van der Waals surface area contributed by atoms with E-state index >= 15 is 0 Å². The van der Waals surface area contributed by atoms with Gasteiger partial charge in [0.15, 0.2) is 0 Å². The van der Waals surface area contributed by atoms with Crippen LogP contribution in [0.3, 0.4) is 0 Å². The summed E-state index contributed by atoms with van der Waals surface area (Å²) in [6.07, 6.45) is 3.11. The highest BCUT2D eigenvalue weighted by atomic mass is 14.6. The summed E-state index contributed by atoms with van der Waals surface area (Å²) >= 11 is 0. The molecule has 0 aromatic carbocycles. The molecule has 0 heterocycles. The predicted molar refractivity (Wildman–Crippen MR) is 46.5 cm³/mol. The zero-order chi connectivity index (χ0) is 8.15. The Morgan fingerprint density at radius 1 is 1.60 bits per heavy atom. The highest BCUT2D eigenvalue weighted by Crippen LogP contribution is 2.42. The zero-order valence-electron chi connectivity index (χ0n) is 6.93. The fourth-order valence-electron chi connectivity index (χ4n) is 0.901. The Kier molecular flexibility index (Phi) is 3.85. The summed E-state index contributed by atoms with van der Waals surface area (Å²) in [4.78, 5) is 0. The Balaban J connectivity index is 0.000000371. The van der Waals surface area contributed by atoms with E-state index in [1.54, 1.807) is 0 Å². The first kappa shape index (κ1) is 9.28. The average molecular weight is 139 g/mol. The summed E-state index contributed by atoms with van der Waals surface area (Å²) in [7, 11) is 0. The van der Waals surface area contributed by atoms with E-state index in [0.29, 0.717) is 11.8 Å². The molecule has 1 saturated carbocycles. The molecule has 0 saturated heterocycles. The van der Waals surface area contributed by atoms with Gasteiger partial charge in [0, 0.05) is 11.6 Å². The third kappa shape index (κ3) is 2.26. The van der Waals surface area contributed by atoms with Crippen LogP contribution in [0.25, 0.3) is 0 Å². The Labute approximate surface area is 63.6 Å². The normalized spacial score (nSPS) is 27.8. The van der Waals surface area contributed by atoms with Gasteiger partial charge < -0.3 is 5.73 Å². The second-order valence-corrected chi connectivity index (χ2v) is 2.32. The summed E-state index contributed by atoms with van der Waals surface area (Å²) in [5.74, 6) is 1.18. The number of allylic oxidation sites excluding steroid dienone is 2. The molecule has 0 spiro atoms. The highest BCUT2D eigenvalue weighted by molar-refractivity contribution is 5.12. The molecule has 1 rings (SSSR count). The monoisotopic (exact) mass is 139 g/mol. The lowest BCUT2D eigenvalue weighted by molar-refractivity contribution is 0.914. The van der Waals surface area contributed by atoms with E-state index in [1.165, 1.54) is 6.42 Å². The van der Waals surface area contributed by atoms with Gasteiger partial charge in [0.1, 0.15) is 0 Å². The molecule has 0 aromatic rings. The molecule has 2 unspecified atom stereocenters. The van der Waals surface area contributed by atoms with Gasteiger partial charge in [0.25, 0.3) is 0 Å². The summed E-state index contributed by atoms with van der Waals surface area (Å²) < 4.78 is 0. The van der Waals surface area contributed by atoms with E-state index in [4.69, 9.17) is 5.73 Å². The lowest BCUT2D eigenvalue weighted by Gasteiger charge is -1.89. The molecule has 0 bridgehead atoms. The van der Waals surface area contributed by atoms with Crippen LogP contribution in [-0.2, 0) is 0 Å². The van der Waals surface area contributed by atoms with Crippen LogP contribution in [0.1, 0.15) is 20.3 Å². The van der Waals surface area contributed by atoms with Gasteiger partial charge in [-0.2, -0.15) is 0 Å². The standard InChI is InChI=1S/C7H11N.C2H6/c1-3-6-4-7(6)5(2)8;1-2/h3,6-7H,1-2,4,8H2;1-2H3. The molecule has 1 aliphatic rings. The minimum Gasteiger partial charge on any atom is -0.402 e. The predicted octanol–water partition coefficient (Wildman–Crippen LogP) is 2.31. The third-order valence-corrected chi connectivity index (χ3v) is 1.62. The van der Waals surface area contributed by atoms with Crippen molar-refractivity contribution in [2.45, 2.75) is 20.3 Å². The second kappa shape index (κ2) is 4.15. The molecule has 0 aliphatic heterocycles. The number of hydrogen-bond acceptors (Lipinski definition) is 1. The van der Waals surface area contributed by atoms with Crippen molar-refractivity contribution < 1.29 is 0 Å². The van der Waals surface area contributed by atoms with Crippen LogP contribution in [0.15, 0.2) is 24.9 Å². The number of nitrogens with two attached hydrogens (primary N) is 1. The number of rotatable bonds is 2. The lowest BCUT2D eigenvalue weighted by Crippen LogP contribution is -1.97. The highest BCUT2D eigenvalue weighted by Gasteiger charge is 2.35. The first-order chi connectivity index (χ1) is 4.75. The Hall–Kier alpha value is -0.720. The van der Waals surface area contributed by atoms with E-state index in [0.717, 1.165) is 5.70 Å². The van der Waals surface area contributed by atoms with Gasteiger partial charge in [-0.3, -0.25) is 0 Å². The van der Waals surface area contributed by atoms with Crippen molar-refractivity contribution in [3.05, 3.63) is 24.9 Å². The molecule has 10 heavy (non-hydrogen) atoms. The molecular formula is C9H17N. The smallest absolute Gasteiger partial charge is 0.00471 e. The summed E-state index contributed by atoms with van der Waals surface area (Å²) in [6.45, 7) is 11.3. The van der Waals surface area contributed by atoms with E-state index < -0.39 is 0 Å². The summed E-state index contributed by atoms with van der Waals surface area (Å²) in [5.41, 5.74) is 6.24. The van der Waals surface area contributed by atoms with Crippen LogP contribution < -0.4 is 5.73 Å². The van der Waals surface area contributed by atoms with Gasteiger partial charge in [0.2, 0.25) is 0 Å². The first-order valence-electron chi connectivity index (χ1n) is 3.82. The van der Waals surface area contributed by atoms with Gasteiger partial charge in [-0.1, -0.05) is 26.5 Å². The molecule has 1 heteroatoms.